The molecule has 3 aromatic rings. The van der Waals surface area contributed by atoms with Crippen molar-refractivity contribution in [1.82, 2.24) is 4.57 Å². The highest BCUT2D eigenvalue weighted by Gasteiger charge is 2.31. The summed E-state index contributed by atoms with van der Waals surface area (Å²) in [7, 11) is 0. The summed E-state index contributed by atoms with van der Waals surface area (Å²) in [6.07, 6.45) is 0.981. The van der Waals surface area contributed by atoms with Crippen LogP contribution >= 0.6 is 11.6 Å². The van der Waals surface area contributed by atoms with E-state index < -0.39 is 5.97 Å². The molecule has 26 heavy (non-hydrogen) atoms. The normalized spacial score (nSPS) is 15.8. The Morgan fingerprint density at radius 3 is 2.38 bits per heavy atom. The molecule has 132 valence electrons. The molecular formula is C22H20ClNO2. The molecule has 1 atom stereocenters. The number of hydrogen-bond acceptors (Lipinski definition) is 1. The van der Waals surface area contributed by atoms with Gasteiger partial charge in [-0.3, -0.25) is 4.79 Å². The molecule has 4 rings (SSSR count). The Kier molecular flexibility index (Phi) is 4.33. The molecule has 0 aliphatic carbocycles. The average molecular weight is 366 g/mol. The zero-order chi connectivity index (χ0) is 18.3. The summed E-state index contributed by atoms with van der Waals surface area (Å²) in [5, 5.41) is 10.2. The van der Waals surface area contributed by atoms with Crippen LogP contribution in [0.15, 0.2) is 54.6 Å². The van der Waals surface area contributed by atoms with Gasteiger partial charge in [-0.15, -0.1) is 0 Å². The van der Waals surface area contributed by atoms with Gasteiger partial charge in [0.25, 0.3) is 0 Å². The van der Waals surface area contributed by atoms with Crippen LogP contribution in [0.3, 0.4) is 0 Å². The predicted octanol–water partition coefficient (Wildman–Crippen LogP) is 5.29. The van der Waals surface area contributed by atoms with Crippen LogP contribution in [0.5, 0.6) is 0 Å². The molecule has 1 aromatic heterocycles. The van der Waals surface area contributed by atoms with E-state index in [1.54, 1.807) is 0 Å². The Labute approximate surface area is 157 Å². The van der Waals surface area contributed by atoms with Crippen LogP contribution in [0.25, 0.3) is 22.3 Å². The molecule has 1 N–H and O–H groups in total. The lowest BCUT2D eigenvalue weighted by molar-refractivity contribution is -0.136. The lowest BCUT2D eigenvalue weighted by atomic mass is 9.92. The van der Waals surface area contributed by atoms with Crippen LogP contribution in [0.1, 0.15) is 18.3 Å². The Hall–Kier alpha value is -2.52. The maximum Gasteiger partial charge on any atom is 0.309 e. The third-order valence-corrected chi connectivity index (χ3v) is 5.28. The van der Waals surface area contributed by atoms with E-state index in [9.17, 15) is 9.90 Å². The van der Waals surface area contributed by atoms with E-state index in [1.165, 1.54) is 5.69 Å². The first-order chi connectivity index (χ1) is 12.5. The summed E-state index contributed by atoms with van der Waals surface area (Å²) in [4.78, 5) is 11.6. The van der Waals surface area contributed by atoms with E-state index in [1.807, 2.05) is 42.5 Å². The summed E-state index contributed by atoms with van der Waals surface area (Å²) in [5.41, 5.74) is 6.46. The number of carboxylic acids is 1. The number of benzene rings is 2. The van der Waals surface area contributed by atoms with Crippen molar-refractivity contribution in [3.63, 3.8) is 0 Å². The SMILES string of the molecule is CC1Cc2c(-c3ccccc3)c(-c3ccc(Cl)cc3)c(CC(=O)O)n2C1. The summed E-state index contributed by atoms with van der Waals surface area (Å²) in [6.45, 7) is 3.08. The molecule has 0 saturated carbocycles. The highest BCUT2D eigenvalue weighted by molar-refractivity contribution is 6.30. The number of carboxylic acid groups (broad SMARTS) is 1. The zero-order valence-corrected chi connectivity index (χ0v) is 15.3. The van der Waals surface area contributed by atoms with Gasteiger partial charge in [0.2, 0.25) is 0 Å². The average Bonchev–Trinajstić information content (AvgIpc) is 3.12. The van der Waals surface area contributed by atoms with E-state index in [-0.39, 0.29) is 6.42 Å². The van der Waals surface area contributed by atoms with Gasteiger partial charge in [-0.05, 0) is 35.6 Å². The third kappa shape index (κ3) is 2.93. The summed E-state index contributed by atoms with van der Waals surface area (Å²) in [6, 6.07) is 17.9. The van der Waals surface area contributed by atoms with Crippen LogP contribution in [-0.4, -0.2) is 15.6 Å². The van der Waals surface area contributed by atoms with Gasteiger partial charge in [0, 0.05) is 34.1 Å². The second-order valence-electron chi connectivity index (χ2n) is 7.01. The van der Waals surface area contributed by atoms with Crippen molar-refractivity contribution in [2.75, 3.05) is 0 Å². The highest BCUT2D eigenvalue weighted by Crippen LogP contribution is 2.44. The summed E-state index contributed by atoms with van der Waals surface area (Å²) >= 11 is 6.07. The lowest BCUT2D eigenvalue weighted by Gasteiger charge is -2.12. The molecule has 0 bridgehead atoms. The fourth-order valence-corrected chi connectivity index (χ4v) is 4.16. The van der Waals surface area contributed by atoms with E-state index >= 15 is 0 Å². The smallest absolute Gasteiger partial charge is 0.309 e. The molecule has 2 aromatic carbocycles. The van der Waals surface area contributed by atoms with Crippen molar-refractivity contribution < 1.29 is 9.90 Å². The molecule has 1 aliphatic heterocycles. The first-order valence-electron chi connectivity index (χ1n) is 8.82. The number of nitrogens with zero attached hydrogens (tertiary/aromatic N) is 1. The van der Waals surface area contributed by atoms with Crippen molar-refractivity contribution in [3.05, 3.63) is 71.0 Å². The fourth-order valence-electron chi connectivity index (χ4n) is 4.03. The summed E-state index contributed by atoms with van der Waals surface area (Å²) in [5.74, 6) is -0.293. The van der Waals surface area contributed by atoms with Crippen molar-refractivity contribution in [3.8, 4) is 22.3 Å². The Balaban J connectivity index is 2.02. The van der Waals surface area contributed by atoms with Gasteiger partial charge in [0.05, 0.1) is 6.42 Å². The van der Waals surface area contributed by atoms with Gasteiger partial charge in [-0.25, -0.2) is 0 Å². The minimum atomic E-state index is -0.806. The molecule has 0 saturated heterocycles. The standard InChI is InChI=1S/C22H20ClNO2/c1-14-11-18-21(15-5-3-2-4-6-15)22(16-7-9-17(23)10-8-16)19(12-20(25)26)24(18)13-14/h2-10,14H,11-13H2,1H3,(H,25,26). The largest absolute Gasteiger partial charge is 0.481 e. The maximum atomic E-state index is 11.6. The Morgan fingerprint density at radius 1 is 1.08 bits per heavy atom. The van der Waals surface area contributed by atoms with Gasteiger partial charge in [0.15, 0.2) is 0 Å². The number of hydrogen-bond donors (Lipinski definition) is 1. The van der Waals surface area contributed by atoms with E-state index in [0.29, 0.717) is 10.9 Å². The molecule has 0 spiro atoms. The first-order valence-corrected chi connectivity index (χ1v) is 9.19. The molecule has 0 fully saturated rings. The quantitative estimate of drug-likeness (QED) is 0.682. The maximum absolute atomic E-state index is 11.6. The number of halogens is 1. The van der Waals surface area contributed by atoms with Gasteiger partial charge in [0.1, 0.15) is 0 Å². The van der Waals surface area contributed by atoms with Gasteiger partial charge >= 0.3 is 5.97 Å². The van der Waals surface area contributed by atoms with Gasteiger partial charge in [-0.1, -0.05) is 61.0 Å². The van der Waals surface area contributed by atoms with E-state index in [4.69, 9.17) is 11.6 Å². The number of aliphatic carboxylic acids is 1. The number of carbonyl (C=O) groups is 1. The fraction of sp³-hybridized carbons (Fsp3) is 0.227. The topological polar surface area (TPSA) is 42.2 Å². The molecule has 3 nitrogen and oxygen atoms in total. The molecule has 2 heterocycles. The highest BCUT2D eigenvalue weighted by atomic mass is 35.5. The molecular weight excluding hydrogens is 346 g/mol. The van der Waals surface area contributed by atoms with Crippen molar-refractivity contribution in [1.29, 1.82) is 0 Å². The second kappa shape index (κ2) is 6.65. The first kappa shape index (κ1) is 16.9. The van der Waals surface area contributed by atoms with E-state index in [2.05, 4.69) is 23.6 Å². The third-order valence-electron chi connectivity index (χ3n) is 5.03. The predicted molar refractivity (Wildman–Crippen MR) is 105 cm³/mol. The number of rotatable bonds is 4. The Morgan fingerprint density at radius 2 is 1.73 bits per heavy atom. The molecule has 1 unspecified atom stereocenters. The van der Waals surface area contributed by atoms with Crippen molar-refractivity contribution in [2.24, 2.45) is 5.92 Å². The van der Waals surface area contributed by atoms with Crippen LogP contribution in [-0.2, 0) is 24.2 Å². The second-order valence-corrected chi connectivity index (χ2v) is 7.44. The Bertz CT molecular complexity index is 958. The monoisotopic (exact) mass is 365 g/mol. The number of aromatic nitrogens is 1. The summed E-state index contributed by atoms with van der Waals surface area (Å²) < 4.78 is 2.23. The minimum Gasteiger partial charge on any atom is -0.481 e. The molecule has 0 radical (unpaired) electrons. The van der Waals surface area contributed by atoms with Gasteiger partial charge < -0.3 is 9.67 Å². The van der Waals surface area contributed by atoms with Crippen LogP contribution in [0, 0.1) is 5.92 Å². The zero-order valence-electron chi connectivity index (χ0n) is 14.6. The lowest BCUT2D eigenvalue weighted by Crippen LogP contribution is -2.09. The molecule has 4 heteroatoms. The van der Waals surface area contributed by atoms with Crippen LogP contribution in [0.4, 0.5) is 0 Å². The van der Waals surface area contributed by atoms with Crippen LogP contribution < -0.4 is 0 Å². The minimum absolute atomic E-state index is 0.0184. The molecule has 0 amide bonds. The van der Waals surface area contributed by atoms with E-state index in [0.717, 1.165) is 40.9 Å². The van der Waals surface area contributed by atoms with Crippen molar-refractivity contribution in [2.45, 2.75) is 26.3 Å². The molecule has 1 aliphatic rings. The van der Waals surface area contributed by atoms with Crippen LogP contribution in [0.2, 0.25) is 5.02 Å². The van der Waals surface area contributed by atoms with Crippen molar-refractivity contribution >= 4 is 17.6 Å². The number of fused-ring (bicyclic) bond motifs is 1. The van der Waals surface area contributed by atoms with Gasteiger partial charge in [-0.2, -0.15) is 0 Å².